The molecular weight excluding hydrogens is 215 g/mol. The van der Waals surface area contributed by atoms with Crippen LogP contribution in [0.2, 0.25) is 0 Å². The lowest BCUT2D eigenvalue weighted by molar-refractivity contribution is -0.200. The van der Waals surface area contributed by atoms with Gasteiger partial charge in [-0.1, -0.05) is 13.8 Å². The average molecular weight is 238 g/mol. The van der Waals surface area contributed by atoms with E-state index < -0.39 is 7.32 Å². The highest BCUT2D eigenvalue weighted by molar-refractivity contribution is 6.37. The lowest BCUT2D eigenvalue weighted by Crippen LogP contribution is -2.65. The van der Waals surface area contributed by atoms with Crippen LogP contribution in [0.15, 0.2) is 0 Å². The topological polar surface area (TPSA) is 27.7 Å². The second-order valence-electron chi connectivity index (χ2n) is 6.94. The van der Waals surface area contributed by atoms with Crippen molar-refractivity contribution >= 4 is 7.32 Å². The van der Waals surface area contributed by atoms with Gasteiger partial charge >= 0.3 is 7.32 Å². The Balaban J connectivity index is 1.78. The summed E-state index contributed by atoms with van der Waals surface area (Å²) in [6.07, 6.45) is 2.78. The van der Waals surface area contributed by atoms with E-state index in [2.05, 4.69) is 20.8 Å². The zero-order valence-corrected chi connectivity index (χ0v) is 11.5. The molecule has 1 saturated heterocycles. The van der Waals surface area contributed by atoms with Crippen LogP contribution >= 0.6 is 0 Å². The molecule has 0 unspecified atom stereocenters. The zero-order chi connectivity index (χ0) is 12.4. The van der Waals surface area contributed by atoms with E-state index in [0.717, 1.165) is 12.3 Å². The van der Waals surface area contributed by atoms with Gasteiger partial charge in [0, 0.05) is 6.10 Å². The molecule has 0 radical (unpaired) electrons. The van der Waals surface area contributed by atoms with Crippen molar-refractivity contribution in [2.24, 2.45) is 17.3 Å². The summed E-state index contributed by atoms with van der Waals surface area (Å²) < 4.78 is 17.7. The summed E-state index contributed by atoms with van der Waals surface area (Å²) >= 11 is 0. The van der Waals surface area contributed by atoms with Gasteiger partial charge in [0.05, 0.1) is 11.7 Å². The molecule has 1 heterocycles. The van der Waals surface area contributed by atoms with E-state index in [1.807, 2.05) is 13.8 Å². The number of rotatable bonds is 2. The molecule has 4 heteroatoms. The lowest BCUT2D eigenvalue weighted by Gasteiger charge is -2.64. The third kappa shape index (κ3) is 1.53. The summed E-state index contributed by atoms with van der Waals surface area (Å²) in [4.78, 5) is 0. The van der Waals surface area contributed by atoms with Crippen molar-refractivity contribution in [3.05, 3.63) is 0 Å². The molecular formula is C13H23BO3. The van der Waals surface area contributed by atoms with E-state index in [9.17, 15) is 0 Å². The predicted molar refractivity (Wildman–Crippen MR) is 66.3 cm³/mol. The summed E-state index contributed by atoms with van der Waals surface area (Å²) in [7, 11) is -0.458. The summed E-state index contributed by atoms with van der Waals surface area (Å²) in [6, 6.07) is 0. The molecule has 1 aliphatic heterocycles. The molecule has 0 aromatic carbocycles. The van der Waals surface area contributed by atoms with E-state index in [-0.39, 0.29) is 17.8 Å². The maximum atomic E-state index is 6.11. The van der Waals surface area contributed by atoms with Gasteiger partial charge in [-0.05, 0) is 50.9 Å². The Morgan fingerprint density at radius 2 is 1.94 bits per heavy atom. The minimum absolute atomic E-state index is 0.141. The number of hydrogen-bond donors (Lipinski definition) is 0. The largest absolute Gasteiger partial charge is 0.640 e. The number of hydrogen-bond acceptors (Lipinski definition) is 3. The predicted octanol–water partition coefficient (Wildman–Crippen LogP) is 2.64. The monoisotopic (exact) mass is 238 g/mol. The molecule has 3 aliphatic carbocycles. The maximum absolute atomic E-state index is 6.11. The fourth-order valence-electron chi connectivity index (χ4n) is 4.11. The third-order valence-corrected chi connectivity index (χ3v) is 5.31. The smallest absolute Gasteiger partial charge is 0.384 e. The molecule has 0 aromatic heterocycles. The molecule has 3 saturated carbocycles. The molecule has 2 bridgehead atoms. The Bertz CT molecular complexity index is 331. The third-order valence-electron chi connectivity index (χ3n) is 5.31. The van der Waals surface area contributed by atoms with E-state index in [4.69, 9.17) is 14.0 Å². The first-order chi connectivity index (χ1) is 7.84. The molecule has 4 atom stereocenters. The van der Waals surface area contributed by atoms with E-state index in [0.29, 0.717) is 11.3 Å². The Labute approximate surface area is 104 Å². The van der Waals surface area contributed by atoms with E-state index in [1.165, 1.54) is 6.42 Å². The van der Waals surface area contributed by atoms with Crippen LogP contribution in [0.4, 0.5) is 0 Å². The molecule has 4 rings (SSSR count). The van der Waals surface area contributed by atoms with Gasteiger partial charge in [0.2, 0.25) is 0 Å². The fourth-order valence-corrected chi connectivity index (χ4v) is 4.11. The highest BCUT2D eigenvalue weighted by Gasteiger charge is 2.68. The first-order valence-corrected chi connectivity index (χ1v) is 6.83. The van der Waals surface area contributed by atoms with Crippen LogP contribution in [0.3, 0.4) is 0 Å². The molecule has 4 fully saturated rings. The minimum Gasteiger partial charge on any atom is -0.384 e. The highest BCUT2D eigenvalue weighted by Crippen LogP contribution is 2.65. The van der Waals surface area contributed by atoms with E-state index >= 15 is 0 Å². The van der Waals surface area contributed by atoms with Gasteiger partial charge in [-0.25, -0.2) is 0 Å². The summed E-state index contributed by atoms with van der Waals surface area (Å²) in [5, 5.41) is 0. The van der Waals surface area contributed by atoms with Crippen LogP contribution in [-0.2, 0) is 14.0 Å². The Morgan fingerprint density at radius 3 is 2.53 bits per heavy atom. The molecule has 17 heavy (non-hydrogen) atoms. The highest BCUT2D eigenvalue weighted by atomic mass is 16.8. The van der Waals surface area contributed by atoms with Gasteiger partial charge in [0.15, 0.2) is 0 Å². The first kappa shape index (κ1) is 12.0. The van der Waals surface area contributed by atoms with Crippen molar-refractivity contribution in [1.82, 2.24) is 0 Å². The Kier molecular flexibility index (Phi) is 2.46. The van der Waals surface area contributed by atoms with Gasteiger partial charge in [0.25, 0.3) is 0 Å². The molecule has 3 nitrogen and oxygen atoms in total. The van der Waals surface area contributed by atoms with E-state index in [1.54, 1.807) is 0 Å². The Morgan fingerprint density at radius 1 is 1.24 bits per heavy atom. The van der Waals surface area contributed by atoms with Crippen LogP contribution in [-0.4, -0.2) is 25.1 Å². The quantitative estimate of drug-likeness (QED) is 0.692. The molecule has 4 aliphatic rings. The van der Waals surface area contributed by atoms with Crippen molar-refractivity contribution in [3.8, 4) is 0 Å². The molecule has 0 aromatic rings. The molecule has 0 amide bonds. The van der Waals surface area contributed by atoms with Crippen molar-refractivity contribution in [1.29, 1.82) is 0 Å². The lowest BCUT2D eigenvalue weighted by atomic mass is 9.43. The maximum Gasteiger partial charge on any atom is 0.640 e. The van der Waals surface area contributed by atoms with Crippen LogP contribution < -0.4 is 0 Å². The average Bonchev–Trinajstić information content (AvgIpc) is 2.51. The van der Waals surface area contributed by atoms with Crippen molar-refractivity contribution in [3.63, 3.8) is 0 Å². The zero-order valence-electron chi connectivity index (χ0n) is 11.5. The normalized spacial score (nSPS) is 46.9. The second-order valence-corrected chi connectivity index (χ2v) is 6.94. The van der Waals surface area contributed by atoms with Crippen LogP contribution in [0.1, 0.15) is 47.5 Å². The summed E-state index contributed by atoms with van der Waals surface area (Å²) in [6.45, 7) is 11.0. The SMILES string of the molecule is CC(C)OB1O[C@H]2C[C@H]3C[C@H](C3(C)C)[C@@]2(C)O1. The second kappa shape index (κ2) is 3.49. The van der Waals surface area contributed by atoms with Crippen molar-refractivity contribution in [2.45, 2.75) is 65.3 Å². The molecule has 0 N–H and O–H groups in total. The minimum atomic E-state index is -0.458. The van der Waals surface area contributed by atoms with Crippen molar-refractivity contribution < 1.29 is 14.0 Å². The first-order valence-electron chi connectivity index (χ1n) is 6.83. The fraction of sp³-hybridized carbons (Fsp3) is 1.00. The van der Waals surface area contributed by atoms with Crippen LogP contribution in [0.5, 0.6) is 0 Å². The summed E-state index contributed by atoms with van der Waals surface area (Å²) in [5.74, 6) is 1.41. The standard InChI is InChI=1S/C13H23BO3/c1-8(2)15-14-16-11-7-9-6-10(12(9,3)4)13(11,5)17-14/h8-11H,6-7H2,1-5H3/t9-,10-,11+,13-/m1/s1. The summed E-state index contributed by atoms with van der Waals surface area (Å²) in [5.41, 5.74) is 0.263. The van der Waals surface area contributed by atoms with Gasteiger partial charge < -0.3 is 14.0 Å². The van der Waals surface area contributed by atoms with Crippen LogP contribution in [0, 0.1) is 17.3 Å². The van der Waals surface area contributed by atoms with Gasteiger partial charge in [-0.15, -0.1) is 0 Å². The molecule has 96 valence electrons. The Hall–Kier alpha value is -0.0551. The van der Waals surface area contributed by atoms with Gasteiger partial charge in [-0.2, -0.15) is 0 Å². The molecule has 0 spiro atoms. The van der Waals surface area contributed by atoms with Gasteiger partial charge in [0.1, 0.15) is 0 Å². The van der Waals surface area contributed by atoms with Crippen molar-refractivity contribution in [2.75, 3.05) is 0 Å². The van der Waals surface area contributed by atoms with Gasteiger partial charge in [-0.3, -0.25) is 0 Å². The van der Waals surface area contributed by atoms with Crippen LogP contribution in [0.25, 0.3) is 0 Å².